The van der Waals surface area contributed by atoms with Gasteiger partial charge in [-0.1, -0.05) is 0 Å². The van der Waals surface area contributed by atoms with Crippen molar-refractivity contribution in [3.63, 3.8) is 0 Å². The smallest absolute Gasteiger partial charge is 0.426 e. The van der Waals surface area contributed by atoms with Gasteiger partial charge in [-0.25, -0.2) is 0 Å². The van der Waals surface area contributed by atoms with Crippen molar-refractivity contribution in [2.24, 2.45) is 0 Å². The lowest BCUT2D eigenvalue weighted by atomic mass is 9.87. The van der Waals surface area contributed by atoms with Crippen molar-refractivity contribution in [1.29, 1.82) is 0 Å². The summed E-state index contributed by atoms with van der Waals surface area (Å²) in [5.74, 6) is 5.03. The SMILES string of the molecule is CC#CCB(O)O. The Kier molecular flexibility index (Phi) is 3.48. The minimum atomic E-state index is -1.27. The number of rotatable bonds is 1. The molecule has 0 amide bonds. The summed E-state index contributed by atoms with van der Waals surface area (Å²) in [7, 11) is -1.27. The van der Waals surface area contributed by atoms with Gasteiger partial charge >= 0.3 is 7.12 Å². The maximum atomic E-state index is 8.14. The van der Waals surface area contributed by atoms with Crippen molar-refractivity contribution >= 4 is 7.12 Å². The molecule has 0 bridgehead atoms. The van der Waals surface area contributed by atoms with Gasteiger partial charge < -0.3 is 10.0 Å². The highest BCUT2D eigenvalue weighted by Gasteiger charge is 2.00. The molecule has 7 heavy (non-hydrogen) atoms. The first kappa shape index (κ1) is 6.54. The van der Waals surface area contributed by atoms with Crippen LogP contribution >= 0.6 is 0 Å². The molecule has 0 aromatic carbocycles. The van der Waals surface area contributed by atoms with Gasteiger partial charge in [0.2, 0.25) is 0 Å². The second-order valence-electron chi connectivity index (χ2n) is 1.11. The van der Waals surface area contributed by atoms with Gasteiger partial charge in [-0.05, 0) is 6.92 Å². The molecule has 0 rings (SSSR count). The Bertz CT molecular complexity index is 89.6. The quantitative estimate of drug-likeness (QED) is 0.342. The van der Waals surface area contributed by atoms with Gasteiger partial charge in [0.1, 0.15) is 0 Å². The molecule has 2 nitrogen and oxygen atoms in total. The van der Waals surface area contributed by atoms with Crippen LogP contribution in [0.1, 0.15) is 6.92 Å². The molecule has 38 valence electrons. The van der Waals surface area contributed by atoms with Gasteiger partial charge in [-0.2, -0.15) is 0 Å². The maximum absolute atomic E-state index is 8.14. The summed E-state index contributed by atoms with van der Waals surface area (Å²) in [6.07, 6.45) is 0.149. The second kappa shape index (κ2) is 3.73. The van der Waals surface area contributed by atoms with Crippen LogP contribution in [0.25, 0.3) is 0 Å². The highest BCUT2D eigenvalue weighted by Crippen LogP contribution is 1.76. The zero-order valence-electron chi connectivity index (χ0n) is 4.18. The van der Waals surface area contributed by atoms with Gasteiger partial charge in [0.25, 0.3) is 0 Å². The molecule has 0 saturated carbocycles. The van der Waals surface area contributed by atoms with E-state index in [1.165, 1.54) is 0 Å². The van der Waals surface area contributed by atoms with Crippen LogP contribution in [0.5, 0.6) is 0 Å². The van der Waals surface area contributed by atoms with Crippen LogP contribution in [0.3, 0.4) is 0 Å². The van der Waals surface area contributed by atoms with E-state index in [9.17, 15) is 0 Å². The average Bonchev–Trinajstić information content (AvgIpc) is 1.61. The van der Waals surface area contributed by atoms with Gasteiger partial charge in [-0.15, -0.1) is 11.8 Å². The van der Waals surface area contributed by atoms with Crippen molar-refractivity contribution in [3.8, 4) is 11.8 Å². The molecule has 2 N–H and O–H groups in total. The lowest BCUT2D eigenvalue weighted by molar-refractivity contribution is 0.412. The van der Waals surface area contributed by atoms with Crippen LogP contribution < -0.4 is 0 Å². The van der Waals surface area contributed by atoms with E-state index in [0.29, 0.717) is 0 Å². The van der Waals surface area contributed by atoms with Gasteiger partial charge in [-0.3, -0.25) is 0 Å². The average molecular weight is 97.9 g/mol. The first-order valence-electron chi connectivity index (χ1n) is 2.03. The first-order chi connectivity index (χ1) is 3.27. The van der Waals surface area contributed by atoms with Crippen LogP contribution in [-0.4, -0.2) is 17.2 Å². The lowest BCUT2D eigenvalue weighted by Crippen LogP contribution is -2.07. The van der Waals surface area contributed by atoms with Crippen molar-refractivity contribution in [2.45, 2.75) is 13.2 Å². The van der Waals surface area contributed by atoms with E-state index in [0.717, 1.165) is 0 Å². The molecule has 3 heteroatoms. The molecule has 0 radical (unpaired) electrons. The second-order valence-corrected chi connectivity index (χ2v) is 1.11. The summed E-state index contributed by atoms with van der Waals surface area (Å²) in [4.78, 5) is 0. The number of hydrogen-bond donors (Lipinski definition) is 2. The van der Waals surface area contributed by atoms with E-state index in [-0.39, 0.29) is 6.32 Å². The van der Waals surface area contributed by atoms with Crippen LogP contribution in [-0.2, 0) is 0 Å². The molecule has 0 aliphatic carbocycles. The summed E-state index contributed by atoms with van der Waals surface area (Å²) >= 11 is 0. The molecule has 0 aliphatic heterocycles. The zero-order chi connectivity index (χ0) is 5.70. The van der Waals surface area contributed by atoms with Gasteiger partial charge in [0, 0.05) is 6.32 Å². The van der Waals surface area contributed by atoms with Gasteiger partial charge in [0.05, 0.1) is 0 Å². The first-order valence-corrected chi connectivity index (χ1v) is 2.03. The fourth-order valence-electron chi connectivity index (χ4n) is 0.193. The Morgan fingerprint density at radius 2 is 2.14 bits per heavy atom. The Morgan fingerprint density at radius 3 is 2.29 bits per heavy atom. The normalized spacial score (nSPS) is 6.71. The summed E-state index contributed by atoms with van der Waals surface area (Å²) < 4.78 is 0. The fraction of sp³-hybridized carbons (Fsp3) is 0.500. The highest BCUT2D eigenvalue weighted by atomic mass is 16.4. The van der Waals surface area contributed by atoms with E-state index in [4.69, 9.17) is 10.0 Å². The van der Waals surface area contributed by atoms with E-state index < -0.39 is 7.12 Å². The van der Waals surface area contributed by atoms with E-state index in [1.807, 2.05) is 0 Å². The maximum Gasteiger partial charge on any atom is 0.464 e. The van der Waals surface area contributed by atoms with Crippen molar-refractivity contribution in [3.05, 3.63) is 0 Å². The Balaban J connectivity index is 3.08. The minimum absolute atomic E-state index is 0.149. The lowest BCUT2D eigenvalue weighted by Gasteiger charge is -1.82. The summed E-state index contributed by atoms with van der Waals surface area (Å²) in [5, 5.41) is 16.3. The Labute approximate surface area is 43.3 Å². The molecular weight excluding hydrogens is 90.9 g/mol. The molecule has 0 heterocycles. The van der Waals surface area contributed by atoms with Crippen molar-refractivity contribution in [1.82, 2.24) is 0 Å². The minimum Gasteiger partial charge on any atom is -0.426 e. The summed E-state index contributed by atoms with van der Waals surface area (Å²) in [6.45, 7) is 1.66. The van der Waals surface area contributed by atoms with E-state index in [1.54, 1.807) is 6.92 Å². The summed E-state index contributed by atoms with van der Waals surface area (Å²) in [6, 6.07) is 0. The molecule has 0 aliphatic rings. The molecule has 0 spiro atoms. The van der Waals surface area contributed by atoms with E-state index >= 15 is 0 Å². The topological polar surface area (TPSA) is 40.5 Å². The van der Waals surface area contributed by atoms with Crippen LogP contribution in [0.15, 0.2) is 0 Å². The van der Waals surface area contributed by atoms with Crippen LogP contribution in [0.4, 0.5) is 0 Å². The third-order valence-electron chi connectivity index (χ3n) is 0.461. The summed E-state index contributed by atoms with van der Waals surface area (Å²) in [5.41, 5.74) is 0. The van der Waals surface area contributed by atoms with Crippen molar-refractivity contribution < 1.29 is 10.0 Å². The molecule has 0 aromatic rings. The standard InChI is InChI=1S/C4H7BO2/c1-2-3-4-5(6)7/h6-7H,4H2,1H3. The Morgan fingerprint density at radius 1 is 1.57 bits per heavy atom. The van der Waals surface area contributed by atoms with Crippen LogP contribution in [0.2, 0.25) is 6.32 Å². The largest absolute Gasteiger partial charge is 0.464 e. The molecule has 0 aromatic heterocycles. The third kappa shape index (κ3) is 5.54. The molecule has 0 unspecified atom stereocenters. The predicted molar refractivity (Wildman–Crippen MR) is 28.4 cm³/mol. The monoisotopic (exact) mass is 98.1 g/mol. The van der Waals surface area contributed by atoms with Gasteiger partial charge in [0.15, 0.2) is 0 Å². The third-order valence-corrected chi connectivity index (χ3v) is 0.461. The molecule has 0 atom stereocenters. The van der Waals surface area contributed by atoms with E-state index in [2.05, 4.69) is 11.8 Å². The molecular formula is C4H7BO2. The Hall–Kier alpha value is -0.455. The molecule has 0 saturated heterocycles. The highest BCUT2D eigenvalue weighted by molar-refractivity contribution is 6.42. The fourth-order valence-corrected chi connectivity index (χ4v) is 0.193. The predicted octanol–water partition coefficient (Wildman–Crippen LogP) is -0.517. The van der Waals surface area contributed by atoms with Crippen molar-refractivity contribution in [2.75, 3.05) is 0 Å². The van der Waals surface area contributed by atoms with Crippen LogP contribution in [0, 0.1) is 11.8 Å². The molecule has 0 fully saturated rings. The number of hydrogen-bond acceptors (Lipinski definition) is 2. The zero-order valence-corrected chi connectivity index (χ0v) is 4.18.